The van der Waals surface area contributed by atoms with Crippen molar-refractivity contribution < 1.29 is 119 Å². The third-order valence-electron chi connectivity index (χ3n) is 20.1. The molecule has 6 heterocycles. The number of rotatable bonds is 11. The van der Waals surface area contributed by atoms with Crippen LogP contribution in [-0.2, 0) is 47.4 Å². The molecule has 6 aliphatic heterocycles. The van der Waals surface area contributed by atoms with Crippen molar-refractivity contribution in [2.24, 2.45) is 52.3 Å². The van der Waals surface area contributed by atoms with E-state index in [0.717, 1.165) is 44.9 Å². The van der Waals surface area contributed by atoms with Crippen LogP contribution in [0.15, 0.2) is 0 Å². The quantitative estimate of drug-likeness (QED) is 0.0930. The van der Waals surface area contributed by atoms with E-state index in [1.807, 2.05) is 0 Å². The molecule has 24 nitrogen and oxygen atoms in total. The summed E-state index contributed by atoms with van der Waals surface area (Å²) in [5, 5.41) is 154. The molecule has 10 fully saturated rings. The zero-order valence-electron chi connectivity index (χ0n) is 42.4. The second-order valence-corrected chi connectivity index (χ2v) is 24.1. The van der Waals surface area contributed by atoms with Crippen molar-refractivity contribution in [2.75, 3.05) is 33.0 Å². The summed E-state index contributed by atoms with van der Waals surface area (Å²) >= 11 is 0. The third kappa shape index (κ3) is 9.26. The first-order valence-electron chi connectivity index (χ1n) is 26.9. The Bertz CT molecular complexity index is 1900. The van der Waals surface area contributed by atoms with Crippen LogP contribution in [0.2, 0.25) is 0 Å². The predicted octanol–water partition coefficient (Wildman–Crippen LogP) is -4.33. The number of hydrogen-bond acceptors (Lipinski definition) is 24. The Hall–Kier alpha value is -0.960. The highest BCUT2D eigenvalue weighted by Crippen LogP contribution is 2.71. The van der Waals surface area contributed by atoms with Crippen LogP contribution in [0.5, 0.6) is 0 Å². The molecule has 33 unspecified atom stereocenters. The first-order chi connectivity index (χ1) is 35.1. The largest absolute Gasteiger partial charge is 0.394 e. The Morgan fingerprint density at radius 1 is 0.514 bits per heavy atom. The average Bonchev–Trinajstić information content (AvgIpc) is 3.83. The summed E-state index contributed by atoms with van der Waals surface area (Å²) in [5.74, 6) is 0.903. The Balaban J connectivity index is 0.858. The topological polar surface area (TPSA) is 376 Å². The fourth-order valence-electron chi connectivity index (χ4n) is 16.0. The van der Waals surface area contributed by atoms with E-state index < -0.39 is 173 Å². The molecule has 10 rings (SSSR count). The average molecular weight is 1070 g/mol. The molecule has 0 radical (unpaired) electrons. The van der Waals surface area contributed by atoms with Crippen LogP contribution in [0.25, 0.3) is 0 Å². The number of ether oxygens (including phenoxy) is 10. The monoisotopic (exact) mass is 1070 g/mol. The zero-order valence-corrected chi connectivity index (χ0v) is 42.4. The van der Waals surface area contributed by atoms with Gasteiger partial charge in [0.05, 0.1) is 51.3 Å². The first kappa shape index (κ1) is 56.3. The Morgan fingerprint density at radius 3 is 1.58 bits per heavy atom. The van der Waals surface area contributed by atoms with Gasteiger partial charge in [0.15, 0.2) is 30.9 Å². The number of aliphatic hydroxyl groups excluding tert-OH is 14. The van der Waals surface area contributed by atoms with E-state index in [9.17, 15) is 71.5 Å². The molecule has 4 aliphatic carbocycles. The van der Waals surface area contributed by atoms with Gasteiger partial charge in [0.25, 0.3) is 0 Å². The maximum Gasteiger partial charge on any atom is 0.187 e. The fraction of sp³-hybridized carbons (Fsp3) is 1.00. The van der Waals surface area contributed by atoms with Gasteiger partial charge in [-0.1, -0.05) is 27.7 Å². The van der Waals surface area contributed by atoms with Crippen molar-refractivity contribution in [3.8, 4) is 0 Å². The van der Waals surface area contributed by atoms with E-state index in [2.05, 4.69) is 27.7 Å². The highest BCUT2D eigenvalue weighted by molar-refractivity contribution is 5.17. The SMILES string of the molecule is CC1CCC2(OC1)OC1CC3C4CCC5CC(O)C(O)C(OC6OC(CO)C(O)C(OC7OC(CO)C(O)C(OC8OC(CO)C(O)C(OC9OCC(O)C(O)C9O)C8O)C7O)C6O)C5(C)C4CCC3(C)C1C2C. The summed E-state index contributed by atoms with van der Waals surface area (Å²) in [6.45, 7) is 6.58. The molecule has 0 bridgehead atoms. The van der Waals surface area contributed by atoms with E-state index in [1.54, 1.807) is 0 Å². The molecule has 1 spiro atoms. The summed E-state index contributed by atoms with van der Waals surface area (Å²) in [6, 6.07) is 0. The summed E-state index contributed by atoms with van der Waals surface area (Å²) in [6.07, 6.45) is -31.2. The van der Waals surface area contributed by atoms with E-state index in [4.69, 9.17) is 47.4 Å². The van der Waals surface area contributed by atoms with Crippen LogP contribution in [0.3, 0.4) is 0 Å². The molecule has 6 saturated heterocycles. The maximum absolute atomic E-state index is 12.1. The van der Waals surface area contributed by atoms with Gasteiger partial charge < -0.3 is 119 Å². The lowest BCUT2D eigenvalue weighted by atomic mass is 9.43. The van der Waals surface area contributed by atoms with Gasteiger partial charge in [-0.15, -0.1) is 0 Å². The van der Waals surface area contributed by atoms with Gasteiger partial charge in [0.1, 0.15) is 97.7 Å². The molecule has 0 aromatic carbocycles. The minimum Gasteiger partial charge on any atom is -0.394 e. The lowest BCUT2D eigenvalue weighted by Crippen LogP contribution is -2.69. The summed E-state index contributed by atoms with van der Waals surface area (Å²) in [5.41, 5.74) is -0.783. The smallest absolute Gasteiger partial charge is 0.187 e. The second-order valence-electron chi connectivity index (χ2n) is 24.1. The second kappa shape index (κ2) is 21.5. The standard InChI is InChI=1S/C50H82O24/c1-18-7-10-50(66-16-18)19(2)30-26(74-50)12-23-21-6-5-20-11-24(54)32(57)43(49(20,4)22(21)8-9-48(23,30)3)73-47-39(64)42(35(60)29(15-53)69-47)72-46-38(63)41(34(59)28(14-52)68-46)71-45-37(62)40(33(58)27(13-51)67-45)70-44-36(61)31(56)25(55)17-65-44/h18-47,51-64H,5-17H2,1-4H3. The Labute approximate surface area is 429 Å². The van der Waals surface area contributed by atoms with Crippen LogP contribution in [-0.4, -0.2) is 251 Å². The highest BCUT2D eigenvalue weighted by Gasteiger charge is 2.71. The van der Waals surface area contributed by atoms with Crippen molar-refractivity contribution in [1.29, 1.82) is 0 Å². The van der Waals surface area contributed by atoms with Gasteiger partial charge in [-0.05, 0) is 85.9 Å². The van der Waals surface area contributed by atoms with Crippen LogP contribution in [0.1, 0.15) is 79.1 Å². The van der Waals surface area contributed by atoms with Gasteiger partial charge in [0.2, 0.25) is 0 Å². The molecule has 74 heavy (non-hydrogen) atoms. The van der Waals surface area contributed by atoms with E-state index in [1.165, 1.54) is 0 Å². The van der Waals surface area contributed by atoms with Gasteiger partial charge in [0, 0.05) is 17.8 Å². The molecule has 4 saturated carbocycles. The molecule has 0 amide bonds. The number of aliphatic hydroxyl groups is 14. The normalized spacial score (nSPS) is 58.6. The molecule has 24 heteroatoms. The lowest BCUT2D eigenvalue weighted by molar-refractivity contribution is -0.393. The van der Waals surface area contributed by atoms with Crippen LogP contribution >= 0.6 is 0 Å². The molecule has 10 aliphatic rings. The van der Waals surface area contributed by atoms with Crippen molar-refractivity contribution in [2.45, 2.75) is 226 Å². The summed E-state index contributed by atoms with van der Waals surface area (Å²) in [4.78, 5) is 0. The van der Waals surface area contributed by atoms with Crippen molar-refractivity contribution in [3.05, 3.63) is 0 Å². The number of fused-ring (bicyclic) bond motifs is 7. The van der Waals surface area contributed by atoms with E-state index in [0.29, 0.717) is 30.8 Å². The predicted molar refractivity (Wildman–Crippen MR) is 245 cm³/mol. The Morgan fingerprint density at radius 2 is 1.05 bits per heavy atom. The van der Waals surface area contributed by atoms with E-state index in [-0.39, 0.29) is 35.2 Å². The molecule has 14 N–H and O–H groups in total. The van der Waals surface area contributed by atoms with Gasteiger partial charge in [-0.3, -0.25) is 0 Å². The lowest BCUT2D eigenvalue weighted by Gasteiger charge is -2.64. The zero-order chi connectivity index (χ0) is 53.1. The molecule has 0 aromatic rings. The van der Waals surface area contributed by atoms with Crippen molar-refractivity contribution >= 4 is 0 Å². The minimum absolute atomic E-state index is 0.0245. The molecular formula is C50H82O24. The highest BCUT2D eigenvalue weighted by atomic mass is 16.8. The van der Waals surface area contributed by atoms with Gasteiger partial charge in [-0.2, -0.15) is 0 Å². The minimum atomic E-state index is -2.09. The number of hydrogen-bond donors (Lipinski definition) is 14. The summed E-state index contributed by atoms with van der Waals surface area (Å²) < 4.78 is 60.5. The van der Waals surface area contributed by atoms with Crippen LogP contribution in [0, 0.1) is 52.3 Å². The fourth-order valence-corrected chi connectivity index (χ4v) is 16.0. The van der Waals surface area contributed by atoms with Gasteiger partial charge >= 0.3 is 0 Å². The molecule has 426 valence electrons. The molecular weight excluding hydrogens is 985 g/mol. The maximum atomic E-state index is 12.1. The first-order valence-corrected chi connectivity index (χ1v) is 26.9. The Kier molecular flexibility index (Phi) is 16.4. The molecule has 0 aromatic heterocycles. The van der Waals surface area contributed by atoms with Crippen molar-refractivity contribution in [3.63, 3.8) is 0 Å². The van der Waals surface area contributed by atoms with Crippen LogP contribution in [0.4, 0.5) is 0 Å². The third-order valence-corrected chi connectivity index (χ3v) is 20.1. The van der Waals surface area contributed by atoms with E-state index >= 15 is 0 Å². The summed E-state index contributed by atoms with van der Waals surface area (Å²) in [7, 11) is 0. The molecule has 33 atom stereocenters. The van der Waals surface area contributed by atoms with Crippen molar-refractivity contribution in [1.82, 2.24) is 0 Å². The van der Waals surface area contributed by atoms with Gasteiger partial charge in [-0.25, -0.2) is 0 Å². The van der Waals surface area contributed by atoms with Crippen LogP contribution < -0.4 is 0 Å².